The van der Waals surface area contributed by atoms with Crippen LogP contribution in [0.1, 0.15) is 28.5 Å². The summed E-state index contributed by atoms with van der Waals surface area (Å²) in [7, 11) is 0. The van der Waals surface area contributed by atoms with Crippen LogP contribution in [-0.2, 0) is 11.2 Å². The summed E-state index contributed by atoms with van der Waals surface area (Å²) in [5.74, 6) is -0.0436. The Morgan fingerprint density at radius 3 is 2.75 bits per heavy atom. The summed E-state index contributed by atoms with van der Waals surface area (Å²) < 4.78 is 0. The zero-order valence-corrected chi connectivity index (χ0v) is 12.4. The minimum absolute atomic E-state index is 0.0436. The molecule has 0 saturated carbocycles. The van der Waals surface area contributed by atoms with Gasteiger partial charge in [0.2, 0.25) is 5.91 Å². The maximum Gasteiger partial charge on any atom is 0.246 e. The molecule has 0 bridgehead atoms. The van der Waals surface area contributed by atoms with Gasteiger partial charge in [0.1, 0.15) is 11.5 Å². The number of anilines is 1. The number of carbonyl (C=O) groups is 1. The zero-order chi connectivity index (χ0) is 14.1. The molecule has 0 spiro atoms. The predicted molar refractivity (Wildman–Crippen MR) is 84.0 cm³/mol. The van der Waals surface area contributed by atoms with Crippen LogP contribution in [0, 0.1) is 6.92 Å². The third-order valence-corrected chi connectivity index (χ3v) is 4.54. The van der Waals surface area contributed by atoms with Gasteiger partial charge in [0, 0.05) is 16.0 Å². The number of nitrogens with one attached hydrogen (secondary N) is 1. The van der Waals surface area contributed by atoms with E-state index in [0.717, 1.165) is 28.3 Å². The first kappa shape index (κ1) is 13.1. The number of thiophene rings is 1. The van der Waals surface area contributed by atoms with Gasteiger partial charge >= 0.3 is 0 Å². The number of hydrogen-bond donors (Lipinski definition) is 1. The average Bonchev–Trinajstić information content (AvgIpc) is 2.77. The number of carbonyl (C=O) groups excluding carboxylic acids is 1. The molecule has 0 unspecified atom stereocenters. The molecule has 102 valence electrons. The molecule has 3 rings (SSSR count). The molecule has 4 heteroatoms. The maximum atomic E-state index is 11.8. The molecule has 1 aromatic heterocycles. The third-order valence-electron chi connectivity index (χ3n) is 3.35. The highest BCUT2D eigenvalue weighted by atomic mass is 32.1. The highest BCUT2D eigenvalue weighted by Crippen LogP contribution is 2.32. The zero-order valence-electron chi connectivity index (χ0n) is 11.6. The SMILES string of the molecule is CCc1cc2c(s1)NC(=O)CN=C2c1ccc(C)cc1. The Kier molecular flexibility index (Phi) is 3.40. The highest BCUT2D eigenvalue weighted by molar-refractivity contribution is 7.16. The van der Waals surface area contributed by atoms with Gasteiger partial charge < -0.3 is 5.32 Å². The molecule has 0 radical (unpaired) electrons. The summed E-state index contributed by atoms with van der Waals surface area (Å²) in [5, 5.41) is 3.87. The van der Waals surface area contributed by atoms with Crippen molar-refractivity contribution in [2.45, 2.75) is 20.3 Å². The van der Waals surface area contributed by atoms with E-state index in [1.54, 1.807) is 11.3 Å². The Hall–Kier alpha value is -1.94. The fourth-order valence-electron chi connectivity index (χ4n) is 2.25. The van der Waals surface area contributed by atoms with Crippen molar-refractivity contribution in [3.05, 3.63) is 51.9 Å². The van der Waals surface area contributed by atoms with Crippen LogP contribution in [0.25, 0.3) is 0 Å². The summed E-state index contributed by atoms with van der Waals surface area (Å²) in [6.07, 6.45) is 0.967. The van der Waals surface area contributed by atoms with Gasteiger partial charge in [-0.3, -0.25) is 9.79 Å². The number of amides is 1. The first-order chi connectivity index (χ1) is 9.67. The second-order valence-electron chi connectivity index (χ2n) is 4.89. The van der Waals surface area contributed by atoms with Gasteiger partial charge in [-0.25, -0.2) is 0 Å². The van der Waals surface area contributed by atoms with E-state index >= 15 is 0 Å². The number of hydrogen-bond acceptors (Lipinski definition) is 3. The van der Waals surface area contributed by atoms with E-state index < -0.39 is 0 Å². The average molecular weight is 284 g/mol. The number of nitrogens with zero attached hydrogens (tertiary/aromatic N) is 1. The van der Waals surface area contributed by atoms with Crippen molar-refractivity contribution >= 4 is 28.0 Å². The minimum atomic E-state index is -0.0436. The predicted octanol–water partition coefficient (Wildman–Crippen LogP) is 3.41. The lowest BCUT2D eigenvalue weighted by Crippen LogP contribution is -2.12. The van der Waals surface area contributed by atoms with Crippen LogP contribution >= 0.6 is 11.3 Å². The molecule has 1 aromatic carbocycles. The van der Waals surface area contributed by atoms with Gasteiger partial charge in [0.15, 0.2) is 0 Å². The summed E-state index contributed by atoms with van der Waals surface area (Å²) >= 11 is 1.64. The number of rotatable bonds is 2. The van der Waals surface area contributed by atoms with Crippen molar-refractivity contribution in [1.82, 2.24) is 0 Å². The highest BCUT2D eigenvalue weighted by Gasteiger charge is 2.20. The molecule has 1 aliphatic heterocycles. The summed E-state index contributed by atoms with van der Waals surface area (Å²) in [5.41, 5.74) is 4.24. The number of aryl methyl sites for hydroxylation is 2. The van der Waals surface area contributed by atoms with Crippen LogP contribution in [0.4, 0.5) is 5.00 Å². The largest absolute Gasteiger partial charge is 0.316 e. The van der Waals surface area contributed by atoms with E-state index in [1.807, 2.05) is 0 Å². The molecule has 0 saturated heterocycles. The number of fused-ring (bicyclic) bond motifs is 1. The van der Waals surface area contributed by atoms with Crippen molar-refractivity contribution in [2.24, 2.45) is 4.99 Å². The van der Waals surface area contributed by atoms with Gasteiger partial charge in [-0.2, -0.15) is 0 Å². The van der Waals surface area contributed by atoms with E-state index in [9.17, 15) is 4.79 Å². The van der Waals surface area contributed by atoms with Gasteiger partial charge in [0.05, 0.1) is 5.71 Å². The van der Waals surface area contributed by atoms with Crippen molar-refractivity contribution in [2.75, 3.05) is 11.9 Å². The van der Waals surface area contributed by atoms with Crippen molar-refractivity contribution in [3.63, 3.8) is 0 Å². The Balaban J connectivity index is 2.12. The number of benzene rings is 1. The lowest BCUT2D eigenvalue weighted by atomic mass is 10.0. The van der Waals surface area contributed by atoms with Crippen molar-refractivity contribution in [1.29, 1.82) is 0 Å². The summed E-state index contributed by atoms with van der Waals surface area (Å²) in [6.45, 7) is 4.37. The monoisotopic (exact) mass is 284 g/mol. The quantitative estimate of drug-likeness (QED) is 0.902. The van der Waals surface area contributed by atoms with Crippen LogP contribution < -0.4 is 5.32 Å². The van der Waals surface area contributed by atoms with E-state index in [2.05, 4.69) is 54.5 Å². The van der Waals surface area contributed by atoms with Crippen LogP contribution in [0.15, 0.2) is 35.3 Å². The van der Waals surface area contributed by atoms with Crippen LogP contribution in [-0.4, -0.2) is 18.2 Å². The Labute approximate surface area is 122 Å². The molecule has 0 atom stereocenters. The standard InChI is InChI=1S/C16H16N2OS/c1-3-12-8-13-15(11-6-4-10(2)5-7-11)17-9-14(19)18-16(13)20-12/h4-8H,3,9H2,1-2H3,(H,18,19). The molecule has 2 aromatic rings. The second kappa shape index (κ2) is 5.21. The summed E-state index contributed by atoms with van der Waals surface area (Å²) in [4.78, 5) is 17.5. The minimum Gasteiger partial charge on any atom is -0.316 e. The fraction of sp³-hybridized carbons (Fsp3) is 0.250. The summed E-state index contributed by atoms with van der Waals surface area (Å²) in [6, 6.07) is 10.4. The fourth-order valence-corrected chi connectivity index (χ4v) is 3.26. The van der Waals surface area contributed by atoms with Gasteiger partial charge in [-0.05, 0) is 19.4 Å². The first-order valence-corrected chi connectivity index (χ1v) is 7.53. The van der Waals surface area contributed by atoms with Crippen LogP contribution in [0.3, 0.4) is 0 Å². The van der Waals surface area contributed by atoms with Gasteiger partial charge in [0.25, 0.3) is 0 Å². The molecular formula is C16H16N2OS. The van der Waals surface area contributed by atoms with Gasteiger partial charge in [-0.1, -0.05) is 36.8 Å². The lowest BCUT2D eigenvalue weighted by molar-refractivity contribution is -0.114. The molecule has 20 heavy (non-hydrogen) atoms. The molecule has 1 aliphatic rings. The van der Waals surface area contributed by atoms with E-state index in [4.69, 9.17) is 0 Å². The van der Waals surface area contributed by atoms with E-state index in [1.165, 1.54) is 10.4 Å². The Morgan fingerprint density at radius 1 is 1.30 bits per heavy atom. The molecule has 1 N–H and O–H groups in total. The second-order valence-corrected chi connectivity index (χ2v) is 6.02. The Morgan fingerprint density at radius 2 is 2.05 bits per heavy atom. The molecule has 2 heterocycles. The van der Waals surface area contributed by atoms with E-state index in [0.29, 0.717) is 0 Å². The molecular weight excluding hydrogens is 268 g/mol. The molecule has 1 amide bonds. The third kappa shape index (κ3) is 2.39. The first-order valence-electron chi connectivity index (χ1n) is 6.72. The smallest absolute Gasteiger partial charge is 0.246 e. The molecule has 3 nitrogen and oxygen atoms in total. The maximum absolute atomic E-state index is 11.8. The topological polar surface area (TPSA) is 41.5 Å². The van der Waals surface area contributed by atoms with Crippen LogP contribution in [0.5, 0.6) is 0 Å². The molecule has 0 aliphatic carbocycles. The van der Waals surface area contributed by atoms with E-state index in [-0.39, 0.29) is 12.5 Å². The van der Waals surface area contributed by atoms with Crippen molar-refractivity contribution < 1.29 is 4.79 Å². The normalized spacial score (nSPS) is 14.3. The van der Waals surface area contributed by atoms with Crippen molar-refractivity contribution in [3.8, 4) is 0 Å². The van der Waals surface area contributed by atoms with Crippen LogP contribution in [0.2, 0.25) is 0 Å². The van der Waals surface area contributed by atoms with Gasteiger partial charge in [-0.15, -0.1) is 11.3 Å². The Bertz CT molecular complexity index is 683. The molecule has 0 fully saturated rings. The lowest BCUT2D eigenvalue weighted by Gasteiger charge is -2.05. The number of aliphatic imine (C=N–C) groups is 1.